The van der Waals surface area contributed by atoms with Crippen molar-refractivity contribution in [2.75, 3.05) is 0 Å². The molecule has 0 aliphatic rings. The van der Waals surface area contributed by atoms with Crippen LogP contribution in [0.2, 0.25) is 0 Å². The number of rotatable bonds is 5. The van der Waals surface area contributed by atoms with Crippen LogP contribution in [0.3, 0.4) is 0 Å². The molecule has 1 aromatic carbocycles. The minimum absolute atomic E-state index is 0.229. The van der Waals surface area contributed by atoms with E-state index in [9.17, 15) is 14.5 Å². The highest BCUT2D eigenvalue weighted by Crippen LogP contribution is 2.19. The molecule has 0 spiro atoms. The molecule has 0 radical (unpaired) electrons. The molecule has 2 rings (SSSR count). The second kappa shape index (κ2) is 5.70. The van der Waals surface area contributed by atoms with Crippen LogP contribution in [0.5, 0.6) is 0 Å². The van der Waals surface area contributed by atoms with Gasteiger partial charge in [-0.25, -0.2) is 0 Å². The molecule has 94 valence electrons. The van der Waals surface area contributed by atoms with Gasteiger partial charge >= 0.3 is 5.69 Å². The summed E-state index contributed by atoms with van der Waals surface area (Å²) in [6, 6.07) is 7.65. The van der Waals surface area contributed by atoms with Gasteiger partial charge in [-0.1, -0.05) is 6.07 Å². The van der Waals surface area contributed by atoms with Gasteiger partial charge in [0.2, 0.25) is 5.82 Å². The second-order valence-corrected chi connectivity index (χ2v) is 4.65. The third-order valence-corrected chi connectivity index (χ3v) is 3.15. The summed E-state index contributed by atoms with van der Waals surface area (Å²) in [5, 5.41) is 12.4. The summed E-state index contributed by atoms with van der Waals surface area (Å²) in [4.78, 5) is 10.8. The first-order valence-electron chi connectivity index (χ1n) is 5.20. The number of hydrogen-bond acceptors (Lipinski definition) is 4. The smallest absolute Gasteiger partial charge is 0.304 e. The summed E-state index contributed by atoms with van der Waals surface area (Å²) in [5.41, 5.74) is 0.0617. The molecule has 0 fully saturated rings. The van der Waals surface area contributed by atoms with E-state index in [4.69, 9.17) is 4.74 Å². The molecule has 1 heterocycles. The SMILES string of the molecule is O=[N+]([O-])c1ccc(COCc2cccs2)cc1F. The fourth-order valence-electron chi connectivity index (χ4n) is 1.45. The molecule has 0 aliphatic carbocycles. The van der Waals surface area contributed by atoms with Crippen molar-refractivity contribution in [2.45, 2.75) is 13.2 Å². The summed E-state index contributed by atoms with van der Waals surface area (Å²) in [7, 11) is 0. The van der Waals surface area contributed by atoms with Crippen molar-refractivity contribution < 1.29 is 14.1 Å². The van der Waals surface area contributed by atoms with Gasteiger partial charge in [0.25, 0.3) is 0 Å². The summed E-state index contributed by atoms with van der Waals surface area (Å²) in [6.07, 6.45) is 0. The number of thiophene rings is 1. The van der Waals surface area contributed by atoms with Gasteiger partial charge in [-0.15, -0.1) is 11.3 Å². The highest BCUT2D eigenvalue weighted by Gasteiger charge is 2.13. The number of benzene rings is 1. The molecule has 0 bridgehead atoms. The Balaban J connectivity index is 1.94. The molecule has 1 aromatic heterocycles. The van der Waals surface area contributed by atoms with Crippen molar-refractivity contribution in [1.29, 1.82) is 0 Å². The summed E-state index contributed by atoms with van der Waals surface area (Å²) >= 11 is 1.58. The Morgan fingerprint density at radius 2 is 2.17 bits per heavy atom. The van der Waals surface area contributed by atoms with Crippen LogP contribution in [0.4, 0.5) is 10.1 Å². The normalized spacial score (nSPS) is 10.5. The van der Waals surface area contributed by atoms with Crippen LogP contribution in [-0.2, 0) is 18.0 Å². The fraction of sp³-hybridized carbons (Fsp3) is 0.167. The largest absolute Gasteiger partial charge is 0.371 e. The molecular formula is C12H10FNO3S. The van der Waals surface area contributed by atoms with Crippen LogP contribution in [0.15, 0.2) is 35.7 Å². The maximum atomic E-state index is 13.3. The third-order valence-electron chi connectivity index (χ3n) is 2.30. The van der Waals surface area contributed by atoms with Gasteiger partial charge in [0.05, 0.1) is 18.1 Å². The Kier molecular flexibility index (Phi) is 4.01. The first-order chi connectivity index (χ1) is 8.66. The molecule has 6 heteroatoms. The van der Waals surface area contributed by atoms with Gasteiger partial charge < -0.3 is 4.74 Å². The molecule has 0 saturated carbocycles. The Morgan fingerprint density at radius 3 is 2.78 bits per heavy atom. The van der Waals surface area contributed by atoms with Crippen molar-refractivity contribution >= 4 is 17.0 Å². The van der Waals surface area contributed by atoms with Gasteiger partial charge in [0.1, 0.15) is 0 Å². The Bertz CT molecular complexity index is 542. The zero-order chi connectivity index (χ0) is 13.0. The molecule has 18 heavy (non-hydrogen) atoms. The van der Waals surface area contributed by atoms with Crippen molar-refractivity contribution in [3.8, 4) is 0 Å². The zero-order valence-electron chi connectivity index (χ0n) is 9.34. The van der Waals surface area contributed by atoms with Gasteiger partial charge in [-0.05, 0) is 29.1 Å². The van der Waals surface area contributed by atoms with Gasteiger partial charge in [0.15, 0.2) is 0 Å². The standard InChI is InChI=1S/C12H10FNO3S/c13-11-6-9(3-4-12(11)14(15)16)7-17-8-10-2-1-5-18-10/h1-6H,7-8H2. The summed E-state index contributed by atoms with van der Waals surface area (Å²) in [6.45, 7) is 0.684. The summed E-state index contributed by atoms with van der Waals surface area (Å²) < 4.78 is 18.7. The second-order valence-electron chi connectivity index (χ2n) is 3.62. The highest BCUT2D eigenvalue weighted by molar-refractivity contribution is 7.09. The highest BCUT2D eigenvalue weighted by atomic mass is 32.1. The topological polar surface area (TPSA) is 52.4 Å². The van der Waals surface area contributed by atoms with Gasteiger partial charge in [-0.2, -0.15) is 4.39 Å². The third kappa shape index (κ3) is 3.12. The molecule has 0 saturated heterocycles. The average molecular weight is 267 g/mol. The monoisotopic (exact) mass is 267 g/mol. The number of nitro benzene ring substituents is 1. The lowest BCUT2D eigenvalue weighted by Crippen LogP contribution is -1.96. The van der Waals surface area contributed by atoms with E-state index in [0.717, 1.165) is 17.0 Å². The molecule has 0 atom stereocenters. The van der Waals surface area contributed by atoms with E-state index in [1.54, 1.807) is 11.3 Å². The maximum Gasteiger partial charge on any atom is 0.304 e. The first-order valence-corrected chi connectivity index (χ1v) is 6.08. The lowest BCUT2D eigenvalue weighted by molar-refractivity contribution is -0.387. The van der Waals surface area contributed by atoms with Gasteiger partial charge in [-0.3, -0.25) is 10.1 Å². The van der Waals surface area contributed by atoms with Crippen molar-refractivity contribution in [3.05, 3.63) is 62.1 Å². The maximum absolute atomic E-state index is 13.3. The molecule has 0 N–H and O–H groups in total. The van der Waals surface area contributed by atoms with Crippen LogP contribution >= 0.6 is 11.3 Å². The van der Waals surface area contributed by atoms with Crippen LogP contribution in [0, 0.1) is 15.9 Å². The number of hydrogen-bond donors (Lipinski definition) is 0. The molecule has 0 unspecified atom stereocenters. The molecule has 0 amide bonds. The number of ether oxygens (including phenoxy) is 1. The van der Waals surface area contributed by atoms with E-state index < -0.39 is 16.4 Å². The van der Waals surface area contributed by atoms with E-state index in [-0.39, 0.29) is 6.61 Å². The predicted molar refractivity (Wildman–Crippen MR) is 65.9 cm³/mol. The Labute approximate surface area is 107 Å². The first kappa shape index (κ1) is 12.7. The molecular weight excluding hydrogens is 257 g/mol. The molecule has 4 nitrogen and oxygen atoms in total. The van der Waals surface area contributed by atoms with Crippen LogP contribution in [0.1, 0.15) is 10.4 Å². The van der Waals surface area contributed by atoms with Crippen molar-refractivity contribution in [2.24, 2.45) is 0 Å². The number of nitrogens with zero attached hydrogens (tertiary/aromatic N) is 1. The molecule has 0 aliphatic heterocycles. The predicted octanol–water partition coefficient (Wildman–Crippen LogP) is 3.51. The van der Waals surface area contributed by atoms with E-state index in [1.807, 2.05) is 17.5 Å². The van der Waals surface area contributed by atoms with Crippen molar-refractivity contribution in [3.63, 3.8) is 0 Å². The van der Waals surface area contributed by atoms with Crippen LogP contribution in [0.25, 0.3) is 0 Å². The lowest BCUT2D eigenvalue weighted by atomic mass is 10.2. The number of halogens is 1. The Morgan fingerprint density at radius 1 is 1.33 bits per heavy atom. The zero-order valence-corrected chi connectivity index (χ0v) is 10.2. The van der Waals surface area contributed by atoms with E-state index in [0.29, 0.717) is 12.2 Å². The van der Waals surface area contributed by atoms with Gasteiger partial charge in [0, 0.05) is 10.9 Å². The van der Waals surface area contributed by atoms with Crippen molar-refractivity contribution in [1.82, 2.24) is 0 Å². The quantitative estimate of drug-likeness (QED) is 0.615. The Hall–Kier alpha value is -1.79. The van der Waals surface area contributed by atoms with Crippen LogP contribution in [-0.4, -0.2) is 4.92 Å². The van der Waals surface area contributed by atoms with E-state index in [1.165, 1.54) is 6.07 Å². The number of nitro groups is 1. The van der Waals surface area contributed by atoms with E-state index in [2.05, 4.69) is 0 Å². The minimum Gasteiger partial charge on any atom is -0.371 e. The summed E-state index contributed by atoms with van der Waals surface area (Å²) in [5.74, 6) is -0.836. The van der Waals surface area contributed by atoms with Crippen LogP contribution < -0.4 is 0 Å². The average Bonchev–Trinajstić information content (AvgIpc) is 2.81. The van der Waals surface area contributed by atoms with E-state index >= 15 is 0 Å². The lowest BCUT2D eigenvalue weighted by Gasteiger charge is -2.03. The fourth-order valence-corrected chi connectivity index (χ4v) is 2.09. The molecule has 2 aromatic rings. The minimum atomic E-state index is -0.836.